The second-order valence-corrected chi connectivity index (χ2v) is 6.65. The van der Waals surface area contributed by atoms with Crippen LogP contribution in [0, 0.1) is 5.92 Å². The summed E-state index contributed by atoms with van der Waals surface area (Å²) in [5, 5.41) is 0. The minimum Gasteiger partial charge on any atom is -0.495 e. The molecule has 1 aliphatic rings. The first-order chi connectivity index (χ1) is 13.6. The molecule has 2 amide bonds. The van der Waals surface area contributed by atoms with Gasteiger partial charge in [-0.25, -0.2) is 0 Å². The Hall–Kier alpha value is -2.93. The lowest BCUT2D eigenvalue weighted by molar-refractivity contribution is -0.137. The van der Waals surface area contributed by atoms with Gasteiger partial charge in [0.2, 0.25) is 11.8 Å². The summed E-state index contributed by atoms with van der Waals surface area (Å²) in [5.74, 6) is 0.0764. The van der Waals surface area contributed by atoms with Gasteiger partial charge < -0.3 is 19.3 Å². The zero-order valence-electron chi connectivity index (χ0n) is 16.2. The number of carbonyl (C=O) groups excluding carboxylic acids is 2. The third kappa shape index (κ3) is 4.48. The summed E-state index contributed by atoms with van der Waals surface area (Å²) in [6.45, 7) is 1.60. The summed E-state index contributed by atoms with van der Waals surface area (Å²) in [5.41, 5.74) is 1.50. The summed E-state index contributed by atoms with van der Waals surface area (Å²) in [6, 6.07) is 13.0. The van der Waals surface area contributed by atoms with Crippen molar-refractivity contribution < 1.29 is 19.1 Å². The first kappa shape index (κ1) is 19.8. The van der Waals surface area contributed by atoms with Gasteiger partial charge in [0, 0.05) is 32.8 Å². The molecule has 0 radical (unpaired) electrons. The number of methoxy groups -OCH3 is 2. The highest BCUT2D eigenvalue weighted by Crippen LogP contribution is 2.33. The molecular formula is C21H25N3O4. The highest BCUT2D eigenvalue weighted by molar-refractivity contribution is 6.01. The van der Waals surface area contributed by atoms with Crippen LogP contribution in [0.25, 0.3) is 0 Å². The Balaban J connectivity index is 1.75. The van der Waals surface area contributed by atoms with Crippen molar-refractivity contribution in [2.45, 2.75) is 13.0 Å². The molecule has 1 atom stereocenters. The van der Waals surface area contributed by atoms with E-state index in [0.29, 0.717) is 37.7 Å². The lowest BCUT2D eigenvalue weighted by Crippen LogP contribution is -2.39. The Morgan fingerprint density at radius 1 is 1.21 bits per heavy atom. The maximum Gasteiger partial charge on any atom is 0.228 e. The fourth-order valence-electron chi connectivity index (χ4n) is 3.37. The summed E-state index contributed by atoms with van der Waals surface area (Å²) < 4.78 is 10.5. The van der Waals surface area contributed by atoms with E-state index in [1.807, 2.05) is 42.5 Å². The Morgan fingerprint density at radius 3 is 2.71 bits per heavy atom. The Bertz CT molecular complexity index is 812. The molecule has 0 spiro atoms. The highest BCUT2D eigenvalue weighted by atomic mass is 16.5. The first-order valence-electron chi connectivity index (χ1n) is 9.25. The zero-order valence-corrected chi connectivity index (χ0v) is 16.2. The predicted molar refractivity (Wildman–Crippen MR) is 105 cm³/mol. The van der Waals surface area contributed by atoms with Crippen molar-refractivity contribution in [3.8, 4) is 5.75 Å². The summed E-state index contributed by atoms with van der Waals surface area (Å²) in [4.78, 5) is 33.4. The van der Waals surface area contributed by atoms with Crippen LogP contribution in [-0.2, 0) is 20.9 Å². The fraction of sp³-hybridized carbons (Fsp3) is 0.381. The molecule has 2 heterocycles. The van der Waals surface area contributed by atoms with Crippen molar-refractivity contribution >= 4 is 17.5 Å². The van der Waals surface area contributed by atoms with Crippen LogP contribution in [0.4, 0.5) is 5.69 Å². The maximum absolute atomic E-state index is 13.2. The van der Waals surface area contributed by atoms with E-state index in [4.69, 9.17) is 9.47 Å². The number of hydrogen-bond acceptors (Lipinski definition) is 5. The van der Waals surface area contributed by atoms with Gasteiger partial charge in [0.25, 0.3) is 0 Å². The second-order valence-electron chi connectivity index (χ2n) is 6.65. The number of rotatable bonds is 8. The number of hydrogen-bond donors (Lipinski definition) is 0. The number of aromatic nitrogens is 1. The molecule has 148 valence electrons. The van der Waals surface area contributed by atoms with E-state index in [2.05, 4.69) is 4.98 Å². The number of pyridine rings is 1. The van der Waals surface area contributed by atoms with Crippen molar-refractivity contribution in [1.29, 1.82) is 0 Å². The van der Waals surface area contributed by atoms with Crippen LogP contribution < -0.4 is 9.64 Å². The topological polar surface area (TPSA) is 72.0 Å². The van der Waals surface area contributed by atoms with E-state index < -0.39 is 5.92 Å². The molecule has 0 aliphatic carbocycles. The number of anilines is 1. The maximum atomic E-state index is 13.2. The largest absolute Gasteiger partial charge is 0.495 e. The number of ether oxygens (including phenoxy) is 2. The van der Waals surface area contributed by atoms with E-state index in [1.165, 1.54) is 0 Å². The van der Waals surface area contributed by atoms with Crippen molar-refractivity contribution in [3.05, 3.63) is 54.4 Å². The molecule has 1 saturated heterocycles. The number of carbonyl (C=O) groups is 2. The van der Waals surface area contributed by atoms with Gasteiger partial charge in [-0.2, -0.15) is 0 Å². The lowest BCUT2D eigenvalue weighted by Gasteiger charge is -2.25. The molecule has 7 nitrogen and oxygen atoms in total. The minimum absolute atomic E-state index is 0.0616. The zero-order chi connectivity index (χ0) is 19.9. The van der Waals surface area contributed by atoms with Gasteiger partial charge in [-0.15, -0.1) is 0 Å². The van der Waals surface area contributed by atoms with Crippen LogP contribution >= 0.6 is 0 Å². The molecule has 0 bridgehead atoms. The molecule has 7 heteroatoms. The number of nitrogens with zero attached hydrogens (tertiary/aromatic N) is 3. The van der Waals surface area contributed by atoms with Gasteiger partial charge in [-0.3, -0.25) is 14.6 Å². The molecule has 1 aliphatic heterocycles. The van der Waals surface area contributed by atoms with Crippen LogP contribution in [0.5, 0.6) is 5.75 Å². The molecule has 3 rings (SSSR count). The lowest BCUT2D eigenvalue weighted by atomic mass is 10.1. The van der Waals surface area contributed by atoms with Crippen molar-refractivity contribution in [3.63, 3.8) is 0 Å². The normalized spacial score (nSPS) is 16.3. The van der Waals surface area contributed by atoms with Gasteiger partial charge in [-0.1, -0.05) is 18.2 Å². The fourth-order valence-corrected chi connectivity index (χ4v) is 3.37. The van der Waals surface area contributed by atoms with Crippen LogP contribution in [-0.4, -0.2) is 55.6 Å². The van der Waals surface area contributed by atoms with Gasteiger partial charge in [0.15, 0.2) is 0 Å². The number of benzene rings is 1. The van der Waals surface area contributed by atoms with Gasteiger partial charge in [0.1, 0.15) is 5.75 Å². The Morgan fingerprint density at radius 2 is 2.00 bits per heavy atom. The highest BCUT2D eigenvalue weighted by Gasteiger charge is 2.38. The van der Waals surface area contributed by atoms with Crippen molar-refractivity contribution in [1.82, 2.24) is 9.88 Å². The first-order valence-corrected chi connectivity index (χ1v) is 9.25. The summed E-state index contributed by atoms with van der Waals surface area (Å²) in [7, 11) is 3.17. The SMILES string of the molecule is COCCN(Cc1ccccn1)C(=O)C1CC(=O)N(c2ccccc2OC)C1. The van der Waals surface area contributed by atoms with Crippen LogP contribution in [0.1, 0.15) is 12.1 Å². The van der Waals surface area contributed by atoms with E-state index >= 15 is 0 Å². The second kappa shape index (κ2) is 9.32. The van der Waals surface area contributed by atoms with Crippen LogP contribution in [0.3, 0.4) is 0 Å². The quantitative estimate of drug-likeness (QED) is 0.698. The number of amides is 2. The third-order valence-corrected chi connectivity index (χ3v) is 4.81. The molecule has 0 N–H and O–H groups in total. The molecule has 0 saturated carbocycles. The average molecular weight is 383 g/mol. The number of para-hydroxylation sites is 2. The third-order valence-electron chi connectivity index (χ3n) is 4.81. The van der Waals surface area contributed by atoms with E-state index in [1.54, 1.807) is 30.2 Å². The van der Waals surface area contributed by atoms with Crippen molar-refractivity contribution in [2.24, 2.45) is 5.92 Å². The van der Waals surface area contributed by atoms with E-state index in [-0.39, 0.29) is 18.2 Å². The summed E-state index contributed by atoms with van der Waals surface area (Å²) in [6.07, 6.45) is 1.89. The van der Waals surface area contributed by atoms with Gasteiger partial charge >= 0.3 is 0 Å². The van der Waals surface area contributed by atoms with Gasteiger partial charge in [0.05, 0.1) is 37.6 Å². The monoisotopic (exact) mass is 383 g/mol. The molecule has 2 aromatic rings. The standard InChI is InChI=1S/C21H25N3O4/c1-27-12-11-23(15-17-7-5-6-10-22-17)21(26)16-13-20(25)24(14-16)18-8-3-4-9-19(18)28-2/h3-10,16H,11-15H2,1-2H3. The van der Waals surface area contributed by atoms with E-state index in [9.17, 15) is 9.59 Å². The molecule has 1 fully saturated rings. The molecule has 1 unspecified atom stereocenters. The summed E-state index contributed by atoms with van der Waals surface area (Å²) >= 11 is 0. The molecule has 28 heavy (non-hydrogen) atoms. The van der Waals surface area contributed by atoms with Gasteiger partial charge in [-0.05, 0) is 24.3 Å². The Labute approximate surface area is 164 Å². The Kier molecular flexibility index (Phi) is 6.60. The smallest absolute Gasteiger partial charge is 0.228 e. The minimum atomic E-state index is -0.405. The average Bonchev–Trinajstić information content (AvgIpc) is 3.12. The van der Waals surface area contributed by atoms with Crippen molar-refractivity contribution in [2.75, 3.05) is 38.8 Å². The van der Waals surface area contributed by atoms with Crippen LogP contribution in [0.15, 0.2) is 48.7 Å². The molecule has 1 aromatic heterocycles. The van der Waals surface area contributed by atoms with Crippen LogP contribution in [0.2, 0.25) is 0 Å². The predicted octanol–water partition coefficient (Wildman–Crippen LogP) is 2.12. The molecular weight excluding hydrogens is 358 g/mol. The van der Waals surface area contributed by atoms with E-state index in [0.717, 1.165) is 5.69 Å². The molecule has 1 aromatic carbocycles.